The van der Waals surface area contributed by atoms with Crippen LogP contribution < -0.4 is 20.3 Å². The van der Waals surface area contributed by atoms with Crippen LogP contribution in [0.4, 0.5) is 21.9 Å². The summed E-state index contributed by atoms with van der Waals surface area (Å²) in [4.78, 5) is 31.2. The second-order valence-corrected chi connectivity index (χ2v) is 12.2. The van der Waals surface area contributed by atoms with Gasteiger partial charge in [0.1, 0.15) is 11.5 Å². The van der Waals surface area contributed by atoms with Gasteiger partial charge in [-0.3, -0.25) is 4.79 Å². The number of anilines is 3. The number of hydrogen-bond donors (Lipinski definition) is 2. The number of benzene rings is 4. The van der Waals surface area contributed by atoms with Crippen LogP contribution in [0.3, 0.4) is 0 Å². The summed E-state index contributed by atoms with van der Waals surface area (Å²) in [5.74, 6) is 1.82. The van der Waals surface area contributed by atoms with Gasteiger partial charge in [-0.1, -0.05) is 82.3 Å². The molecule has 1 saturated heterocycles. The number of fused-ring (bicyclic) bond motifs is 2. The molecule has 7 nitrogen and oxygen atoms in total. The predicted octanol–water partition coefficient (Wildman–Crippen LogP) is 8.16. The van der Waals surface area contributed by atoms with Gasteiger partial charge in [0.05, 0.1) is 5.92 Å². The monoisotopic (exact) mass is 588 g/mol. The third-order valence-corrected chi connectivity index (χ3v) is 8.62. The lowest BCUT2D eigenvalue weighted by Gasteiger charge is -2.38. The van der Waals surface area contributed by atoms with Crippen molar-refractivity contribution in [1.82, 2.24) is 4.90 Å². The zero-order chi connectivity index (χ0) is 30.8. The van der Waals surface area contributed by atoms with Gasteiger partial charge in [-0.05, 0) is 59.4 Å². The highest BCUT2D eigenvalue weighted by molar-refractivity contribution is 6.01. The zero-order valence-corrected chi connectivity index (χ0v) is 25.8. The van der Waals surface area contributed by atoms with Gasteiger partial charge in [-0.15, -0.1) is 0 Å². The van der Waals surface area contributed by atoms with Gasteiger partial charge in [0.2, 0.25) is 5.91 Å². The lowest BCUT2D eigenvalue weighted by atomic mass is 9.86. The summed E-state index contributed by atoms with van der Waals surface area (Å²) in [6.07, 6.45) is 0. The Kier molecular flexibility index (Phi) is 8.29. The van der Waals surface area contributed by atoms with Crippen LogP contribution in [0.5, 0.6) is 11.5 Å². The van der Waals surface area contributed by atoms with Crippen molar-refractivity contribution in [2.45, 2.75) is 45.4 Å². The quantitative estimate of drug-likeness (QED) is 0.238. The third kappa shape index (κ3) is 5.87. The molecule has 2 heterocycles. The van der Waals surface area contributed by atoms with Crippen LogP contribution >= 0.6 is 0 Å². The highest BCUT2D eigenvalue weighted by Gasteiger charge is 2.36. The Balaban J connectivity index is 1.09. The Hall–Kier alpha value is -4.78. The summed E-state index contributed by atoms with van der Waals surface area (Å²) < 4.78 is 6.10. The standard InChI is InChI=1S/C37H40N4O3/c1-24(2)28-12-9-13-29(25(3)4)35(28)39-37(43)38-26-16-18-27(19-17-26)40-20-22-41(23-21-40)36(42)34-30-10-5-7-14-32(30)44-33-15-8-6-11-31(33)34/h5-19,24-25,34H,20-23H2,1-4H3,(H2,38,39,43). The van der Waals surface area contributed by atoms with E-state index >= 15 is 0 Å². The van der Waals surface area contributed by atoms with Gasteiger partial charge >= 0.3 is 6.03 Å². The Morgan fingerprint density at radius 2 is 1.23 bits per heavy atom. The minimum atomic E-state index is -0.372. The molecule has 4 aromatic rings. The first-order chi connectivity index (χ1) is 21.3. The number of nitrogens with one attached hydrogen (secondary N) is 2. The van der Waals surface area contributed by atoms with Crippen LogP contribution in [-0.2, 0) is 4.79 Å². The van der Waals surface area contributed by atoms with Crippen LogP contribution in [0.2, 0.25) is 0 Å². The summed E-state index contributed by atoms with van der Waals surface area (Å²) in [6.45, 7) is 11.3. The van der Waals surface area contributed by atoms with Crippen LogP contribution in [0.25, 0.3) is 0 Å². The zero-order valence-electron chi connectivity index (χ0n) is 25.8. The summed E-state index contributed by atoms with van der Waals surface area (Å²) in [5.41, 5.74) is 6.78. The molecule has 2 aliphatic rings. The smallest absolute Gasteiger partial charge is 0.323 e. The molecule has 226 valence electrons. The van der Waals surface area contributed by atoms with E-state index in [-0.39, 0.29) is 17.9 Å². The Bertz CT molecular complexity index is 1580. The normalized spacial score (nSPS) is 14.6. The Morgan fingerprint density at radius 1 is 0.682 bits per heavy atom. The van der Waals surface area contributed by atoms with Crippen LogP contribution in [0.1, 0.15) is 67.7 Å². The Labute approximate surface area is 259 Å². The molecule has 0 bridgehead atoms. The van der Waals surface area contributed by atoms with E-state index in [1.807, 2.05) is 77.7 Å². The average molecular weight is 589 g/mol. The van der Waals surface area contributed by atoms with Crippen molar-refractivity contribution in [1.29, 1.82) is 0 Å². The molecule has 0 spiro atoms. The van der Waals surface area contributed by atoms with E-state index < -0.39 is 0 Å². The van der Waals surface area contributed by atoms with Crippen molar-refractivity contribution in [3.63, 3.8) is 0 Å². The average Bonchev–Trinajstić information content (AvgIpc) is 3.03. The molecule has 2 aliphatic heterocycles. The number of carbonyl (C=O) groups excluding carboxylic acids is 2. The van der Waals surface area contributed by atoms with Gasteiger partial charge in [0, 0.05) is 54.4 Å². The molecule has 0 radical (unpaired) electrons. The summed E-state index contributed by atoms with van der Waals surface area (Å²) in [6, 6.07) is 29.5. The summed E-state index contributed by atoms with van der Waals surface area (Å²) in [7, 11) is 0. The lowest BCUT2D eigenvalue weighted by molar-refractivity contribution is -0.132. The molecule has 0 saturated carbocycles. The number of amides is 3. The van der Waals surface area contributed by atoms with Gasteiger partial charge in [0.25, 0.3) is 0 Å². The molecule has 44 heavy (non-hydrogen) atoms. The first-order valence-electron chi connectivity index (χ1n) is 15.5. The number of urea groups is 1. The first-order valence-corrected chi connectivity index (χ1v) is 15.5. The van der Waals surface area contributed by atoms with E-state index in [1.54, 1.807) is 0 Å². The van der Waals surface area contributed by atoms with Crippen LogP contribution in [-0.4, -0.2) is 43.0 Å². The molecule has 4 aromatic carbocycles. The fourth-order valence-corrected chi connectivity index (χ4v) is 6.27. The van der Waals surface area contributed by atoms with Gasteiger partial charge in [-0.25, -0.2) is 4.79 Å². The molecular formula is C37H40N4O3. The minimum absolute atomic E-state index is 0.109. The van der Waals surface area contributed by atoms with Crippen molar-refractivity contribution in [3.8, 4) is 11.5 Å². The molecule has 0 aromatic heterocycles. The summed E-state index contributed by atoms with van der Waals surface area (Å²) in [5, 5.41) is 6.11. The maximum atomic E-state index is 13.9. The van der Waals surface area contributed by atoms with E-state index in [0.717, 1.165) is 63.9 Å². The van der Waals surface area contributed by atoms with E-state index in [9.17, 15) is 9.59 Å². The molecule has 1 fully saturated rings. The molecule has 0 atom stereocenters. The first kappa shape index (κ1) is 29.3. The highest BCUT2D eigenvalue weighted by atomic mass is 16.5. The molecule has 0 unspecified atom stereocenters. The molecule has 6 rings (SSSR count). The predicted molar refractivity (Wildman–Crippen MR) is 177 cm³/mol. The van der Waals surface area contributed by atoms with E-state index in [2.05, 4.69) is 61.4 Å². The number of ether oxygens (including phenoxy) is 1. The maximum Gasteiger partial charge on any atom is 0.323 e. The van der Waals surface area contributed by atoms with Gasteiger partial charge in [-0.2, -0.15) is 0 Å². The van der Waals surface area contributed by atoms with Crippen LogP contribution in [0, 0.1) is 0 Å². The van der Waals surface area contributed by atoms with Crippen molar-refractivity contribution >= 4 is 29.0 Å². The van der Waals surface area contributed by atoms with Gasteiger partial charge < -0.3 is 25.2 Å². The molecule has 3 amide bonds. The van der Waals surface area contributed by atoms with Crippen molar-refractivity contribution in [2.75, 3.05) is 41.7 Å². The second kappa shape index (κ2) is 12.4. The van der Waals surface area contributed by atoms with Crippen molar-refractivity contribution < 1.29 is 14.3 Å². The van der Waals surface area contributed by atoms with E-state index in [1.165, 1.54) is 0 Å². The maximum absolute atomic E-state index is 13.9. The van der Waals surface area contributed by atoms with E-state index in [0.29, 0.717) is 24.9 Å². The number of hydrogen-bond acceptors (Lipinski definition) is 4. The SMILES string of the molecule is CC(C)c1cccc(C(C)C)c1NC(=O)Nc1ccc(N2CCN(C(=O)C3c4ccccc4Oc4ccccc43)CC2)cc1. The fourth-order valence-electron chi connectivity index (χ4n) is 6.27. The largest absolute Gasteiger partial charge is 0.457 e. The topological polar surface area (TPSA) is 73.9 Å². The molecular weight excluding hydrogens is 548 g/mol. The number of carbonyl (C=O) groups is 2. The van der Waals surface area contributed by atoms with E-state index in [4.69, 9.17) is 4.74 Å². The van der Waals surface area contributed by atoms with Crippen molar-refractivity contribution in [3.05, 3.63) is 113 Å². The molecule has 7 heteroatoms. The van der Waals surface area contributed by atoms with Gasteiger partial charge in [0.15, 0.2) is 0 Å². The fraction of sp³-hybridized carbons (Fsp3) is 0.297. The lowest BCUT2D eigenvalue weighted by Crippen LogP contribution is -2.50. The summed E-state index contributed by atoms with van der Waals surface area (Å²) >= 11 is 0. The highest BCUT2D eigenvalue weighted by Crippen LogP contribution is 2.44. The number of piperazine rings is 1. The second-order valence-electron chi connectivity index (χ2n) is 12.2. The minimum Gasteiger partial charge on any atom is -0.457 e. The number of para-hydroxylation sites is 3. The van der Waals surface area contributed by atoms with Crippen molar-refractivity contribution in [2.24, 2.45) is 0 Å². The third-order valence-electron chi connectivity index (χ3n) is 8.62. The number of rotatable bonds is 6. The van der Waals surface area contributed by atoms with Crippen LogP contribution in [0.15, 0.2) is 91.0 Å². The number of nitrogens with zero attached hydrogens (tertiary/aromatic N) is 2. The molecule has 0 aliphatic carbocycles. The molecule has 2 N–H and O–H groups in total. The Morgan fingerprint density at radius 3 is 1.77 bits per heavy atom.